The number of carbonyl (C=O) groups is 1. The van der Waals surface area contributed by atoms with Gasteiger partial charge < -0.3 is 5.21 Å². The number of pyridine rings is 1. The quantitative estimate of drug-likeness (QED) is 0.404. The molecule has 1 aliphatic rings. The lowest BCUT2D eigenvalue weighted by Gasteiger charge is -2.27. The Hall–Kier alpha value is -3.18. The average molecular weight is 360 g/mol. The van der Waals surface area contributed by atoms with Crippen LogP contribution in [-0.4, -0.2) is 11.9 Å². The third-order valence-electron chi connectivity index (χ3n) is 4.91. The molecule has 0 radical (unpaired) electrons. The Balaban J connectivity index is 1.80. The maximum Gasteiger partial charge on any atom is 0.260 e. The van der Waals surface area contributed by atoms with E-state index in [4.69, 9.17) is 4.84 Å². The van der Waals surface area contributed by atoms with Crippen molar-refractivity contribution < 1.29 is 14.4 Å². The van der Waals surface area contributed by atoms with Gasteiger partial charge in [0.15, 0.2) is 6.20 Å². The van der Waals surface area contributed by atoms with Crippen LogP contribution in [0.4, 0.5) is 5.69 Å². The van der Waals surface area contributed by atoms with E-state index in [1.54, 1.807) is 23.3 Å². The number of aromatic nitrogens is 1. The van der Waals surface area contributed by atoms with Crippen LogP contribution in [0.5, 0.6) is 0 Å². The molecule has 2 heterocycles. The molecular weight excluding hydrogens is 340 g/mol. The topological polar surface area (TPSA) is 56.5 Å². The number of nitrogens with zero attached hydrogens (tertiary/aromatic N) is 2. The lowest BCUT2D eigenvalue weighted by molar-refractivity contribution is -0.607. The molecule has 0 aliphatic carbocycles. The van der Waals surface area contributed by atoms with Crippen molar-refractivity contribution in [1.82, 2.24) is 0 Å². The number of ketones is 1. The van der Waals surface area contributed by atoms with Crippen LogP contribution in [-0.2, 0) is 4.84 Å². The first-order chi connectivity index (χ1) is 13.2. The lowest BCUT2D eigenvalue weighted by Crippen LogP contribution is -2.39. The molecule has 0 unspecified atom stereocenters. The molecule has 0 N–H and O–H groups in total. The fourth-order valence-electron chi connectivity index (χ4n) is 3.65. The number of para-hydroxylation sites is 1. The van der Waals surface area contributed by atoms with Crippen LogP contribution in [0.3, 0.4) is 0 Å². The molecule has 1 aromatic heterocycles. The third-order valence-corrected chi connectivity index (χ3v) is 4.91. The Morgan fingerprint density at radius 3 is 2.26 bits per heavy atom. The number of Topliss-reactive ketones (excluding diaryl/α,β-unsaturated/α-hetero) is 1. The van der Waals surface area contributed by atoms with Gasteiger partial charge in [-0.05, 0) is 30.7 Å². The summed E-state index contributed by atoms with van der Waals surface area (Å²) in [6.07, 6.45) is 0.975. The van der Waals surface area contributed by atoms with Gasteiger partial charge in [0.2, 0.25) is 5.78 Å². The zero-order valence-corrected chi connectivity index (χ0v) is 14.9. The molecule has 1 saturated heterocycles. The van der Waals surface area contributed by atoms with Crippen LogP contribution in [0, 0.1) is 11.1 Å². The number of hydrogen-bond acceptors (Lipinski definition) is 4. The minimum atomic E-state index is -0.504. The van der Waals surface area contributed by atoms with E-state index >= 15 is 0 Å². The Bertz CT molecular complexity index is 931. The van der Waals surface area contributed by atoms with Gasteiger partial charge in [-0.2, -0.15) is 4.73 Å². The van der Waals surface area contributed by atoms with Gasteiger partial charge in [0, 0.05) is 12.1 Å². The third kappa shape index (κ3) is 3.17. The van der Waals surface area contributed by atoms with Gasteiger partial charge in [-0.3, -0.25) is 9.63 Å². The van der Waals surface area contributed by atoms with Crippen molar-refractivity contribution in [2.75, 3.05) is 5.06 Å². The van der Waals surface area contributed by atoms with Gasteiger partial charge in [0.05, 0.1) is 23.8 Å². The van der Waals surface area contributed by atoms with Crippen molar-refractivity contribution in [2.45, 2.75) is 19.1 Å². The first kappa shape index (κ1) is 17.2. The van der Waals surface area contributed by atoms with E-state index in [2.05, 4.69) is 0 Å². The van der Waals surface area contributed by atoms with Crippen LogP contribution in [0.25, 0.3) is 0 Å². The maximum absolute atomic E-state index is 13.3. The lowest BCUT2D eigenvalue weighted by atomic mass is 9.85. The zero-order chi connectivity index (χ0) is 18.8. The predicted molar refractivity (Wildman–Crippen MR) is 102 cm³/mol. The summed E-state index contributed by atoms with van der Waals surface area (Å²) < 4.78 is 0.627. The van der Waals surface area contributed by atoms with Crippen LogP contribution in [0.1, 0.15) is 29.0 Å². The van der Waals surface area contributed by atoms with E-state index in [0.29, 0.717) is 4.73 Å². The van der Waals surface area contributed by atoms with Gasteiger partial charge in [0.1, 0.15) is 0 Å². The van der Waals surface area contributed by atoms with Gasteiger partial charge in [-0.25, -0.2) is 5.06 Å². The highest BCUT2D eigenvalue weighted by molar-refractivity contribution is 5.96. The minimum absolute atomic E-state index is 0.133. The highest BCUT2D eigenvalue weighted by Crippen LogP contribution is 2.43. The van der Waals surface area contributed by atoms with Crippen molar-refractivity contribution in [3.8, 4) is 0 Å². The molecule has 1 fully saturated rings. The second-order valence-electron chi connectivity index (χ2n) is 6.63. The van der Waals surface area contributed by atoms with Crippen LogP contribution < -0.4 is 9.79 Å². The summed E-state index contributed by atoms with van der Waals surface area (Å²) in [6, 6.07) is 24.1. The Morgan fingerprint density at radius 1 is 0.963 bits per heavy atom. The number of benzene rings is 2. The summed E-state index contributed by atoms with van der Waals surface area (Å²) in [5.74, 6) is -0.722. The molecule has 3 aromatic rings. The van der Waals surface area contributed by atoms with Crippen LogP contribution in [0.2, 0.25) is 0 Å². The summed E-state index contributed by atoms with van der Waals surface area (Å²) in [5.41, 5.74) is 1.97. The summed E-state index contributed by atoms with van der Waals surface area (Å²) in [6.45, 7) is 1.87. The molecule has 3 atom stereocenters. The smallest absolute Gasteiger partial charge is 0.260 e. The van der Waals surface area contributed by atoms with E-state index in [0.717, 1.165) is 11.3 Å². The van der Waals surface area contributed by atoms with E-state index in [1.807, 2.05) is 67.6 Å². The largest absolute Gasteiger partial charge is 0.618 e. The maximum atomic E-state index is 13.3. The van der Waals surface area contributed by atoms with Crippen molar-refractivity contribution in [3.05, 3.63) is 102 Å². The molecular formula is C22H20N2O3. The number of hydrogen-bond donors (Lipinski definition) is 0. The molecule has 27 heavy (non-hydrogen) atoms. The van der Waals surface area contributed by atoms with E-state index in [-0.39, 0.29) is 23.6 Å². The van der Waals surface area contributed by atoms with Gasteiger partial charge in [-0.1, -0.05) is 48.5 Å². The monoisotopic (exact) mass is 360 g/mol. The molecule has 5 heteroatoms. The fourth-order valence-corrected chi connectivity index (χ4v) is 3.65. The number of hydroxylamine groups is 1. The van der Waals surface area contributed by atoms with Crippen LogP contribution in [0.15, 0.2) is 85.1 Å². The molecule has 0 bridgehead atoms. The summed E-state index contributed by atoms with van der Waals surface area (Å²) in [7, 11) is 0. The molecule has 0 amide bonds. The molecule has 0 saturated carbocycles. The number of carbonyl (C=O) groups excluding carboxylic acids is 1. The number of rotatable bonds is 4. The first-order valence-corrected chi connectivity index (χ1v) is 8.95. The average Bonchev–Trinajstić information content (AvgIpc) is 3.06. The highest BCUT2D eigenvalue weighted by atomic mass is 16.7. The second-order valence-corrected chi connectivity index (χ2v) is 6.63. The standard InChI is InChI=1S/C22H20N2O3/c1-16-20(22(25)19-14-8-9-15-23(19)26)21(17-10-4-2-5-11-17)24(27-16)18-12-6-3-7-13-18/h2-16,20-21H,1H3/t16-,20-,21+/m0/s1. The fraction of sp³-hybridized carbons (Fsp3) is 0.182. The molecule has 4 rings (SSSR count). The van der Waals surface area contributed by atoms with Crippen LogP contribution >= 0.6 is 0 Å². The molecule has 136 valence electrons. The molecule has 0 spiro atoms. The first-order valence-electron chi connectivity index (χ1n) is 8.95. The van der Waals surface area contributed by atoms with Gasteiger partial charge >= 0.3 is 0 Å². The SMILES string of the molecule is C[C@@H]1ON(c2ccccc2)[C@H](c2ccccc2)[C@H]1C(=O)c1cccc[n+]1[O-]. The van der Waals surface area contributed by atoms with Crippen molar-refractivity contribution in [3.63, 3.8) is 0 Å². The summed E-state index contributed by atoms with van der Waals surface area (Å²) >= 11 is 0. The van der Waals surface area contributed by atoms with Gasteiger partial charge in [-0.15, -0.1) is 0 Å². The van der Waals surface area contributed by atoms with Crippen molar-refractivity contribution in [2.24, 2.45) is 5.92 Å². The van der Waals surface area contributed by atoms with Gasteiger partial charge in [0.25, 0.3) is 5.69 Å². The van der Waals surface area contributed by atoms with E-state index in [1.165, 1.54) is 6.20 Å². The Labute approximate surface area is 158 Å². The van der Waals surface area contributed by atoms with Crippen molar-refractivity contribution in [1.29, 1.82) is 0 Å². The molecule has 1 aliphatic heterocycles. The molecule has 5 nitrogen and oxygen atoms in total. The highest BCUT2D eigenvalue weighted by Gasteiger charge is 2.48. The Kier molecular flexibility index (Phi) is 4.60. The number of anilines is 1. The summed E-state index contributed by atoms with van der Waals surface area (Å²) in [4.78, 5) is 19.4. The Morgan fingerprint density at radius 2 is 1.59 bits per heavy atom. The minimum Gasteiger partial charge on any atom is -0.618 e. The normalized spacial score (nSPS) is 22.0. The van der Waals surface area contributed by atoms with Crippen molar-refractivity contribution >= 4 is 11.5 Å². The summed E-state index contributed by atoms with van der Waals surface area (Å²) in [5, 5.41) is 14.0. The predicted octanol–water partition coefficient (Wildman–Crippen LogP) is 3.70. The van der Waals surface area contributed by atoms with E-state index < -0.39 is 5.92 Å². The molecule has 2 aromatic carbocycles. The second kappa shape index (κ2) is 7.21. The van der Waals surface area contributed by atoms with E-state index in [9.17, 15) is 10.0 Å². The zero-order valence-electron chi connectivity index (χ0n) is 14.9.